The molecule has 2 amide bonds. The highest BCUT2D eigenvalue weighted by atomic mass is 16.2. The predicted octanol–water partition coefficient (Wildman–Crippen LogP) is 7.07. The van der Waals surface area contributed by atoms with Crippen LogP contribution in [0.3, 0.4) is 0 Å². The summed E-state index contributed by atoms with van der Waals surface area (Å²) in [6, 6.07) is 37.8. The maximum absolute atomic E-state index is 14.4. The summed E-state index contributed by atoms with van der Waals surface area (Å²) in [7, 11) is 0. The van der Waals surface area contributed by atoms with Gasteiger partial charge in [-0.1, -0.05) is 129 Å². The molecule has 0 bridgehead atoms. The Balaban J connectivity index is 1.72. The maximum atomic E-state index is 14.4. The van der Waals surface area contributed by atoms with Crippen molar-refractivity contribution in [3.05, 3.63) is 143 Å². The van der Waals surface area contributed by atoms with Crippen molar-refractivity contribution in [2.24, 2.45) is 0 Å². The van der Waals surface area contributed by atoms with Crippen molar-refractivity contribution < 1.29 is 9.59 Å². The second-order valence-electron chi connectivity index (χ2n) is 10.4. The lowest BCUT2D eigenvalue weighted by atomic mass is 9.87. The predicted molar refractivity (Wildman–Crippen MR) is 163 cm³/mol. The Morgan fingerprint density at radius 3 is 1.88 bits per heavy atom. The van der Waals surface area contributed by atoms with Gasteiger partial charge in [-0.05, 0) is 41.2 Å². The van der Waals surface area contributed by atoms with Crippen molar-refractivity contribution in [2.45, 2.75) is 58.0 Å². The van der Waals surface area contributed by atoms with E-state index in [9.17, 15) is 9.59 Å². The molecule has 0 aliphatic rings. The van der Waals surface area contributed by atoms with Gasteiger partial charge in [-0.15, -0.1) is 0 Å². The van der Waals surface area contributed by atoms with Crippen LogP contribution in [0.5, 0.6) is 0 Å². The first-order valence-corrected chi connectivity index (χ1v) is 14.3. The summed E-state index contributed by atoms with van der Waals surface area (Å²) >= 11 is 0. The summed E-state index contributed by atoms with van der Waals surface area (Å²) in [5, 5.41) is 3.12. The number of amides is 2. The van der Waals surface area contributed by atoms with E-state index in [1.54, 1.807) is 0 Å². The van der Waals surface area contributed by atoms with Crippen LogP contribution < -0.4 is 5.32 Å². The molecule has 0 aromatic heterocycles. The van der Waals surface area contributed by atoms with E-state index in [1.165, 1.54) is 0 Å². The highest BCUT2D eigenvalue weighted by molar-refractivity contribution is 5.88. The molecule has 4 aromatic carbocycles. The van der Waals surface area contributed by atoms with Crippen molar-refractivity contribution in [3.8, 4) is 0 Å². The van der Waals surface area contributed by atoms with Gasteiger partial charge in [-0.2, -0.15) is 0 Å². The fraction of sp³-hybridized carbons (Fsp3) is 0.278. The number of hydrogen-bond donors (Lipinski definition) is 1. The third-order valence-corrected chi connectivity index (χ3v) is 7.49. The van der Waals surface area contributed by atoms with Crippen molar-refractivity contribution >= 4 is 11.8 Å². The number of hydrogen-bond acceptors (Lipinski definition) is 2. The first-order chi connectivity index (χ1) is 19.6. The summed E-state index contributed by atoms with van der Waals surface area (Å²) in [6.45, 7) is 5.14. The normalized spacial score (nSPS) is 11.7. The molecule has 206 valence electrons. The zero-order chi connectivity index (χ0) is 28.2. The topological polar surface area (TPSA) is 49.4 Å². The zero-order valence-corrected chi connectivity index (χ0v) is 23.6. The van der Waals surface area contributed by atoms with Crippen molar-refractivity contribution in [1.82, 2.24) is 10.2 Å². The molecular formula is C36H40N2O2. The van der Waals surface area contributed by atoms with E-state index < -0.39 is 6.04 Å². The Kier molecular flexibility index (Phi) is 10.7. The van der Waals surface area contributed by atoms with Crippen LogP contribution >= 0.6 is 0 Å². The van der Waals surface area contributed by atoms with Crippen LogP contribution in [0.4, 0.5) is 0 Å². The van der Waals surface area contributed by atoms with Gasteiger partial charge < -0.3 is 10.2 Å². The molecule has 1 N–H and O–H groups in total. The summed E-state index contributed by atoms with van der Waals surface area (Å²) < 4.78 is 0. The highest BCUT2D eigenvalue weighted by Crippen LogP contribution is 2.30. The first kappa shape index (κ1) is 28.8. The minimum absolute atomic E-state index is 0.0347. The lowest BCUT2D eigenvalue weighted by molar-refractivity contribution is -0.141. The number of benzene rings is 4. The number of carbonyl (C=O) groups is 2. The van der Waals surface area contributed by atoms with Gasteiger partial charge in [0.25, 0.3) is 0 Å². The minimum atomic E-state index is -0.626. The van der Waals surface area contributed by atoms with E-state index in [0.717, 1.165) is 40.7 Å². The Morgan fingerprint density at radius 1 is 0.750 bits per heavy atom. The van der Waals surface area contributed by atoms with Gasteiger partial charge >= 0.3 is 0 Å². The molecule has 0 heterocycles. The standard InChI is InChI=1S/C36H40N2O2/c1-3-4-24-37-36(40)34(25-29-17-8-5-9-18-29)38(27-32-23-15-14-16-28(32)2)35(39)26-33(30-19-10-6-11-20-30)31-21-12-7-13-22-31/h5-23,33-34H,3-4,24-27H2,1-2H3,(H,37,40). The number of nitrogens with one attached hydrogen (secondary N) is 1. The largest absolute Gasteiger partial charge is 0.354 e. The molecule has 4 heteroatoms. The van der Waals surface area contributed by atoms with E-state index in [-0.39, 0.29) is 24.2 Å². The molecule has 0 saturated carbocycles. The molecule has 0 spiro atoms. The second-order valence-corrected chi connectivity index (χ2v) is 10.4. The number of aryl methyl sites for hydroxylation is 1. The number of rotatable bonds is 13. The lowest BCUT2D eigenvalue weighted by Crippen LogP contribution is -2.51. The molecule has 0 saturated heterocycles. The fourth-order valence-corrected chi connectivity index (χ4v) is 5.12. The van der Waals surface area contributed by atoms with E-state index >= 15 is 0 Å². The number of nitrogens with zero attached hydrogens (tertiary/aromatic N) is 1. The van der Waals surface area contributed by atoms with Crippen LogP contribution in [0.2, 0.25) is 0 Å². The molecule has 0 aliphatic carbocycles. The SMILES string of the molecule is CCCCNC(=O)C(Cc1ccccc1)N(Cc1ccccc1C)C(=O)CC(c1ccccc1)c1ccccc1. The monoisotopic (exact) mass is 532 g/mol. The van der Waals surface area contributed by atoms with Gasteiger partial charge in [0.05, 0.1) is 0 Å². The molecule has 4 rings (SSSR count). The third-order valence-electron chi connectivity index (χ3n) is 7.49. The minimum Gasteiger partial charge on any atom is -0.354 e. The maximum Gasteiger partial charge on any atom is 0.243 e. The van der Waals surface area contributed by atoms with Gasteiger partial charge in [0, 0.05) is 31.8 Å². The van der Waals surface area contributed by atoms with Gasteiger partial charge in [-0.3, -0.25) is 9.59 Å². The number of carbonyl (C=O) groups excluding carboxylic acids is 2. The summed E-state index contributed by atoms with van der Waals surface area (Å²) in [6.07, 6.45) is 2.62. The summed E-state index contributed by atoms with van der Waals surface area (Å²) in [5.74, 6) is -0.252. The van der Waals surface area contributed by atoms with Gasteiger partial charge in [0.1, 0.15) is 6.04 Å². The fourth-order valence-electron chi connectivity index (χ4n) is 5.12. The van der Waals surface area contributed by atoms with Gasteiger partial charge in [0.15, 0.2) is 0 Å². The van der Waals surface area contributed by atoms with E-state index in [0.29, 0.717) is 19.5 Å². The van der Waals surface area contributed by atoms with Crippen molar-refractivity contribution in [2.75, 3.05) is 6.54 Å². The Morgan fingerprint density at radius 2 is 1.30 bits per heavy atom. The zero-order valence-electron chi connectivity index (χ0n) is 23.6. The van der Waals surface area contributed by atoms with E-state index in [4.69, 9.17) is 0 Å². The molecule has 0 radical (unpaired) electrons. The van der Waals surface area contributed by atoms with E-state index in [2.05, 4.69) is 55.6 Å². The van der Waals surface area contributed by atoms with Crippen LogP contribution in [0.15, 0.2) is 115 Å². The van der Waals surface area contributed by atoms with Crippen LogP contribution in [-0.2, 0) is 22.6 Å². The summed E-state index contributed by atoms with van der Waals surface area (Å²) in [4.78, 5) is 30.0. The lowest BCUT2D eigenvalue weighted by Gasteiger charge is -2.33. The molecule has 40 heavy (non-hydrogen) atoms. The van der Waals surface area contributed by atoms with Crippen molar-refractivity contribution in [1.29, 1.82) is 0 Å². The van der Waals surface area contributed by atoms with Crippen LogP contribution in [0.1, 0.15) is 59.9 Å². The smallest absolute Gasteiger partial charge is 0.243 e. The van der Waals surface area contributed by atoms with Crippen LogP contribution in [-0.4, -0.2) is 29.3 Å². The third kappa shape index (κ3) is 7.92. The van der Waals surface area contributed by atoms with Gasteiger partial charge in [-0.25, -0.2) is 0 Å². The van der Waals surface area contributed by atoms with Crippen LogP contribution in [0, 0.1) is 6.92 Å². The first-order valence-electron chi connectivity index (χ1n) is 14.3. The van der Waals surface area contributed by atoms with Crippen molar-refractivity contribution in [3.63, 3.8) is 0 Å². The molecule has 0 fully saturated rings. The van der Waals surface area contributed by atoms with E-state index in [1.807, 2.05) is 83.8 Å². The summed E-state index contributed by atoms with van der Waals surface area (Å²) in [5.41, 5.74) is 5.36. The molecule has 4 aromatic rings. The molecular weight excluding hydrogens is 492 g/mol. The molecule has 4 nitrogen and oxygen atoms in total. The average molecular weight is 533 g/mol. The Hall–Kier alpha value is -4.18. The Bertz CT molecular complexity index is 1300. The molecule has 0 aliphatic heterocycles. The van der Waals surface area contributed by atoms with Gasteiger partial charge in [0.2, 0.25) is 11.8 Å². The second kappa shape index (κ2) is 14.8. The molecule has 1 unspecified atom stereocenters. The average Bonchev–Trinajstić information content (AvgIpc) is 3.00. The quantitative estimate of drug-likeness (QED) is 0.187. The van der Waals surface area contributed by atoms with Crippen LogP contribution in [0.25, 0.3) is 0 Å². The Labute approximate surface area is 239 Å². The number of unbranched alkanes of at least 4 members (excludes halogenated alkanes) is 1. The highest BCUT2D eigenvalue weighted by Gasteiger charge is 2.32. The molecule has 1 atom stereocenters.